The molecule has 0 aromatic rings. The minimum atomic E-state index is -2.17. The summed E-state index contributed by atoms with van der Waals surface area (Å²) in [4.78, 5) is 0. The second kappa shape index (κ2) is 20.8. The van der Waals surface area contributed by atoms with Gasteiger partial charge in [-0.15, -0.1) is 0 Å². The van der Waals surface area contributed by atoms with Gasteiger partial charge in [0.05, 0.1) is 12.2 Å². The molecule has 7 N–H and O–H groups in total. The highest BCUT2D eigenvalue weighted by Crippen LogP contribution is 2.12. The van der Waals surface area contributed by atoms with E-state index in [1.165, 1.54) is 0 Å². The summed E-state index contributed by atoms with van der Waals surface area (Å²) in [6.07, 6.45) is 4.68. The lowest BCUT2D eigenvalue weighted by Gasteiger charge is -2.17. The highest BCUT2D eigenvalue weighted by molar-refractivity contribution is 6.30. The van der Waals surface area contributed by atoms with Crippen molar-refractivity contribution in [1.29, 1.82) is 0 Å². The van der Waals surface area contributed by atoms with Crippen molar-refractivity contribution in [2.45, 2.75) is 78.4 Å². The van der Waals surface area contributed by atoms with Gasteiger partial charge in [-0.3, -0.25) is 0 Å². The summed E-state index contributed by atoms with van der Waals surface area (Å²) >= 11 is 0. The van der Waals surface area contributed by atoms with Crippen LogP contribution in [0.1, 0.15) is 66.2 Å². The highest BCUT2D eigenvalue weighted by Gasteiger charge is 2.15. The number of hydrogen-bond donors (Lipinski definition) is 7. The summed E-state index contributed by atoms with van der Waals surface area (Å²) in [5.41, 5.74) is 0. The Bertz CT molecular complexity index is 202. The third-order valence-corrected chi connectivity index (χ3v) is 3.77. The molecular formula is C16H39BO7. The molecule has 4 atom stereocenters. The van der Waals surface area contributed by atoms with Gasteiger partial charge < -0.3 is 35.5 Å². The maximum atomic E-state index is 9.35. The molecule has 7 nitrogen and oxygen atoms in total. The van der Waals surface area contributed by atoms with E-state index in [-0.39, 0.29) is 37.3 Å². The molecule has 0 aromatic carbocycles. The number of hydrogen-bond acceptors (Lipinski definition) is 7. The van der Waals surface area contributed by atoms with E-state index in [0.29, 0.717) is 0 Å². The third kappa shape index (κ3) is 19.8. The molecule has 4 unspecified atom stereocenters. The Labute approximate surface area is 147 Å². The SMILES string of the molecule is CCCC(O)C(CC)CO.CCCC(O)C(CC)CO.OB(O)O. The van der Waals surface area contributed by atoms with E-state index >= 15 is 0 Å². The minimum absolute atomic E-state index is 0.0833. The van der Waals surface area contributed by atoms with Crippen LogP contribution in [0.2, 0.25) is 0 Å². The van der Waals surface area contributed by atoms with Crippen molar-refractivity contribution in [2.75, 3.05) is 13.2 Å². The van der Waals surface area contributed by atoms with E-state index in [9.17, 15) is 10.2 Å². The van der Waals surface area contributed by atoms with Gasteiger partial charge in [-0.05, 0) is 25.7 Å². The first-order valence-corrected chi connectivity index (χ1v) is 8.87. The molecule has 0 aliphatic heterocycles. The van der Waals surface area contributed by atoms with Crippen molar-refractivity contribution in [3.8, 4) is 0 Å². The lowest BCUT2D eigenvalue weighted by atomic mass is 9.97. The maximum absolute atomic E-state index is 9.35. The average molecular weight is 354 g/mol. The molecule has 0 rings (SSSR count). The zero-order valence-corrected chi connectivity index (χ0v) is 15.7. The largest absolute Gasteiger partial charge is 0.631 e. The second-order valence-corrected chi connectivity index (χ2v) is 5.76. The smallest absolute Gasteiger partial charge is 0.402 e. The first-order valence-electron chi connectivity index (χ1n) is 8.87. The van der Waals surface area contributed by atoms with Crippen LogP contribution in [0, 0.1) is 11.8 Å². The Kier molecular flexibility index (Phi) is 24.8. The topological polar surface area (TPSA) is 142 Å². The van der Waals surface area contributed by atoms with Crippen molar-refractivity contribution < 1.29 is 35.5 Å². The van der Waals surface area contributed by atoms with E-state index in [0.717, 1.165) is 38.5 Å². The Morgan fingerprint density at radius 3 is 1.04 bits per heavy atom. The van der Waals surface area contributed by atoms with Crippen molar-refractivity contribution in [1.82, 2.24) is 0 Å². The summed E-state index contributed by atoms with van der Waals surface area (Å²) < 4.78 is 0. The van der Waals surface area contributed by atoms with E-state index < -0.39 is 7.32 Å². The molecular weight excluding hydrogens is 315 g/mol. The zero-order chi connectivity index (χ0) is 19.5. The molecule has 8 heteroatoms. The molecule has 0 saturated carbocycles. The van der Waals surface area contributed by atoms with Crippen LogP contribution in [-0.4, -0.2) is 68.2 Å². The van der Waals surface area contributed by atoms with Crippen LogP contribution in [0.25, 0.3) is 0 Å². The van der Waals surface area contributed by atoms with Gasteiger partial charge in [0.1, 0.15) is 0 Å². The van der Waals surface area contributed by atoms with Crippen LogP contribution < -0.4 is 0 Å². The van der Waals surface area contributed by atoms with Gasteiger partial charge in [-0.2, -0.15) is 0 Å². The van der Waals surface area contributed by atoms with Crippen LogP contribution in [0.15, 0.2) is 0 Å². The molecule has 0 aliphatic carbocycles. The Morgan fingerprint density at radius 2 is 0.917 bits per heavy atom. The third-order valence-electron chi connectivity index (χ3n) is 3.77. The molecule has 0 aliphatic rings. The fraction of sp³-hybridized carbons (Fsp3) is 1.00. The monoisotopic (exact) mass is 354 g/mol. The van der Waals surface area contributed by atoms with Gasteiger partial charge in [0.25, 0.3) is 0 Å². The van der Waals surface area contributed by atoms with Gasteiger partial charge in [-0.1, -0.05) is 40.5 Å². The lowest BCUT2D eigenvalue weighted by Crippen LogP contribution is -2.22. The molecule has 0 bridgehead atoms. The minimum Gasteiger partial charge on any atom is -0.402 e. The lowest BCUT2D eigenvalue weighted by molar-refractivity contribution is 0.0580. The number of aliphatic hydroxyl groups excluding tert-OH is 4. The van der Waals surface area contributed by atoms with Crippen LogP contribution in [0.4, 0.5) is 0 Å². The van der Waals surface area contributed by atoms with Crippen LogP contribution in [-0.2, 0) is 0 Å². The summed E-state index contributed by atoms with van der Waals surface area (Å²) in [7, 11) is -2.17. The van der Waals surface area contributed by atoms with Gasteiger partial charge >= 0.3 is 7.32 Å². The molecule has 0 spiro atoms. The number of aliphatic hydroxyl groups is 4. The molecule has 0 radical (unpaired) electrons. The van der Waals surface area contributed by atoms with Crippen LogP contribution in [0.3, 0.4) is 0 Å². The standard InChI is InChI=1S/2C8H18O2.BH3O3/c2*1-3-5-8(10)7(4-2)6-9;2-1(3)4/h2*7-10H,3-6H2,1-2H3;2-4H. The molecule has 0 saturated heterocycles. The van der Waals surface area contributed by atoms with Gasteiger partial charge in [0, 0.05) is 25.0 Å². The predicted molar refractivity (Wildman–Crippen MR) is 96.0 cm³/mol. The molecule has 0 aromatic heterocycles. The van der Waals surface area contributed by atoms with Crippen molar-refractivity contribution in [2.24, 2.45) is 11.8 Å². The van der Waals surface area contributed by atoms with E-state index in [1.54, 1.807) is 0 Å². The zero-order valence-electron chi connectivity index (χ0n) is 15.7. The van der Waals surface area contributed by atoms with Crippen LogP contribution in [0.5, 0.6) is 0 Å². The Morgan fingerprint density at radius 1 is 0.667 bits per heavy atom. The molecule has 0 heterocycles. The first kappa shape index (κ1) is 28.6. The molecule has 148 valence electrons. The van der Waals surface area contributed by atoms with Crippen molar-refractivity contribution in [3.05, 3.63) is 0 Å². The Balaban J connectivity index is -0.000000301. The van der Waals surface area contributed by atoms with Crippen molar-refractivity contribution in [3.63, 3.8) is 0 Å². The fourth-order valence-corrected chi connectivity index (χ4v) is 2.11. The highest BCUT2D eigenvalue weighted by atomic mass is 16.5. The van der Waals surface area contributed by atoms with Gasteiger partial charge in [0.2, 0.25) is 0 Å². The average Bonchev–Trinajstić information content (AvgIpc) is 2.50. The number of rotatable bonds is 10. The van der Waals surface area contributed by atoms with Gasteiger partial charge in [0.15, 0.2) is 0 Å². The van der Waals surface area contributed by atoms with Crippen molar-refractivity contribution >= 4 is 7.32 Å². The normalized spacial score (nSPS) is 15.1. The summed E-state index contributed by atoms with van der Waals surface area (Å²) in [5.74, 6) is 0.167. The Hall–Kier alpha value is -0.215. The van der Waals surface area contributed by atoms with E-state index in [1.807, 2.05) is 27.7 Å². The summed E-state index contributed by atoms with van der Waals surface area (Å²) in [6, 6.07) is 0. The van der Waals surface area contributed by atoms with E-state index in [2.05, 4.69) is 0 Å². The summed E-state index contributed by atoms with van der Waals surface area (Å²) in [5, 5.41) is 57.7. The quantitative estimate of drug-likeness (QED) is 0.279. The maximum Gasteiger partial charge on any atom is 0.631 e. The second-order valence-electron chi connectivity index (χ2n) is 5.76. The molecule has 24 heavy (non-hydrogen) atoms. The van der Waals surface area contributed by atoms with E-state index in [4.69, 9.17) is 25.3 Å². The molecule has 0 fully saturated rings. The molecule has 0 amide bonds. The van der Waals surface area contributed by atoms with Gasteiger partial charge in [-0.25, -0.2) is 0 Å². The fourth-order valence-electron chi connectivity index (χ4n) is 2.11. The van der Waals surface area contributed by atoms with Crippen LogP contribution >= 0.6 is 0 Å². The predicted octanol–water partition coefficient (Wildman–Crippen LogP) is 0.280. The first-order chi connectivity index (χ1) is 11.2. The summed E-state index contributed by atoms with van der Waals surface area (Å²) in [6.45, 7) is 8.26.